The molecule has 4 heavy (non-hydrogen) atoms. The standard InChI is InChI=1S/C3N/c1-3-4-2. The van der Waals surface area contributed by atoms with E-state index in [1.54, 1.807) is 0 Å². The summed E-state index contributed by atoms with van der Waals surface area (Å²) in [5, 5.41) is 0. The van der Waals surface area contributed by atoms with Crippen LogP contribution in [0.3, 0.4) is 0 Å². The molecule has 1 heteroatoms. The van der Waals surface area contributed by atoms with Crippen molar-refractivity contribution in [1.29, 1.82) is 0 Å². The van der Waals surface area contributed by atoms with E-state index in [9.17, 15) is 0 Å². The Morgan fingerprint density at radius 1 is 2.00 bits per heavy atom. The summed E-state index contributed by atoms with van der Waals surface area (Å²) in [6, 6.07) is 1.47. The van der Waals surface area contributed by atoms with Crippen molar-refractivity contribution in [3.8, 4) is 6.04 Å². The first kappa shape index (κ1) is 3.05. The summed E-state index contributed by atoms with van der Waals surface area (Å²) in [5.41, 5.74) is 0. The van der Waals surface area contributed by atoms with E-state index in [1.165, 1.54) is 6.04 Å². The molecule has 0 heterocycles. The molecule has 0 saturated carbocycles. The van der Waals surface area contributed by atoms with Crippen molar-refractivity contribution >= 4 is 0 Å². The van der Waals surface area contributed by atoms with E-state index in [-0.39, 0.29) is 0 Å². The van der Waals surface area contributed by atoms with E-state index < -0.39 is 0 Å². The fourth-order valence-corrected chi connectivity index (χ4v) is 0. The number of hydrogen-bond acceptors (Lipinski definition) is 0. The van der Waals surface area contributed by atoms with Gasteiger partial charge in [-0.05, 0) is 0 Å². The topological polar surface area (TPSA) is 4.36 Å². The molecule has 0 amide bonds. The molecule has 1 nitrogen and oxygen atoms in total. The Kier molecular flexibility index (Phi) is 1.56. The second-order valence-corrected chi connectivity index (χ2v) is 0.224. The van der Waals surface area contributed by atoms with Gasteiger partial charge in [0.25, 0.3) is 0 Å². The predicted molar refractivity (Wildman–Crippen MR) is 13.7 cm³/mol. The van der Waals surface area contributed by atoms with Crippen LogP contribution in [0.5, 0.6) is 0 Å². The quantitative estimate of drug-likeness (QED) is 0.277. The zero-order chi connectivity index (χ0) is 3.41. The molecular formula is C3N. The zero-order valence-corrected chi connectivity index (χ0v) is 1.95. The molecule has 0 fully saturated rings. The minimum absolute atomic E-state index is 1.47. The second-order valence-electron chi connectivity index (χ2n) is 0.224. The third kappa shape index (κ3) is 1.05. The summed E-state index contributed by atoms with van der Waals surface area (Å²) in [7, 11) is 0. The van der Waals surface area contributed by atoms with Crippen molar-refractivity contribution in [3.63, 3.8) is 0 Å². The molecule has 0 atom stereocenters. The van der Waals surface area contributed by atoms with Crippen molar-refractivity contribution in [2.45, 2.75) is 0 Å². The van der Waals surface area contributed by atoms with Crippen molar-refractivity contribution in [3.05, 3.63) is 17.8 Å². The Hall–Kier alpha value is -0.950. The zero-order valence-electron chi connectivity index (χ0n) is 1.95. The number of nitrogens with zero attached hydrogens (tertiary/aromatic N) is 1. The molecule has 0 bridgehead atoms. The van der Waals surface area contributed by atoms with Gasteiger partial charge in [-0.25, -0.2) is 0 Å². The summed E-state index contributed by atoms with van der Waals surface area (Å²) in [5.74, 6) is 0. The monoisotopic (exact) mass is 50.0 g/mol. The Balaban J connectivity index is 3.14. The molecule has 0 unspecified atom stereocenters. The fourth-order valence-electron chi connectivity index (χ4n) is 0. The molecule has 0 aliphatic heterocycles. The minimum Gasteiger partial charge on any atom is -0.593 e. The maximum absolute atomic E-state index is 5.85. The van der Waals surface area contributed by atoms with E-state index >= 15 is 0 Å². The van der Waals surface area contributed by atoms with Gasteiger partial charge in [0.05, 0.1) is 0 Å². The van der Waals surface area contributed by atoms with Crippen LogP contribution in [-0.2, 0) is 0 Å². The van der Waals surface area contributed by atoms with Crippen LogP contribution in [0.15, 0.2) is 0 Å². The van der Waals surface area contributed by atoms with E-state index in [0.717, 1.165) is 0 Å². The lowest BCUT2D eigenvalue weighted by molar-refractivity contribution is 2.25. The van der Waals surface area contributed by atoms with Crippen LogP contribution in [0.2, 0.25) is 0 Å². The average molecular weight is 50.0 g/mol. The molecule has 0 aliphatic rings. The second kappa shape index (κ2) is 2.05. The predicted octanol–water partition coefficient (Wildman–Crippen LogP) is 0.453. The molecule has 1 radical (unpaired) electrons. The first-order valence-corrected chi connectivity index (χ1v) is 0.697. The molecular weight excluding hydrogens is 50.0 g/mol. The minimum atomic E-state index is 1.47. The fraction of sp³-hybridized carbons (Fsp3) is 0. The lowest BCUT2D eigenvalue weighted by atomic mass is 11.2. The molecule has 0 saturated heterocycles. The first-order chi connectivity index (χ1) is 1.91. The lowest BCUT2D eigenvalue weighted by Crippen LogP contribution is -1.14. The summed E-state index contributed by atoms with van der Waals surface area (Å²) in [6.07, 6.45) is 5.85. The Morgan fingerprint density at radius 3 is 2.25 bits per heavy atom. The van der Waals surface area contributed by atoms with Crippen LogP contribution in [0.25, 0.3) is 4.85 Å². The maximum Gasteiger partial charge on any atom is 0.466 e. The summed E-state index contributed by atoms with van der Waals surface area (Å²) >= 11 is 0. The van der Waals surface area contributed by atoms with Crippen LogP contribution in [0.4, 0.5) is 0 Å². The normalized spacial score (nSPS) is 2.50. The summed E-state index contributed by atoms with van der Waals surface area (Å²) in [6.45, 7) is 5.78. The van der Waals surface area contributed by atoms with Gasteiger partial charge in [0, 0.05) is 4.85 Å². The Bertz CT molecular complexity index is 58.3. The smallest absolute Gasteiger partial charge is 0.466 e. The Labute approximate surface area is 25.1 Å². The molecule has 0 aliphatic carbocycles. The van der Waals surface area contributed by atoms with E-state index in [2.05, 4.69) is 4.85 Å². The molecule has 0 aromatic carbocycles. The van der Waals surface area contributed by atoms with Gasteiger partial charge in [-0.3, -0.25) is 0 Å². The van der Waals surface area contributed by atoms with Gasteiger partial charge in [0.2, 0.25) is 0 Å². The maximum atomic E-state index is 5.85. The van der Waals surface area contributed by atoms with Crippen LogP contribution in [-0.4, -0.2) is 0 Å². The van der Waals surface area contributed by atoms with Crippen molar-refractivity contribution < 1.29 is 0 Å². The van der Waals surface area contributed by atoms with Crippen molar-refractivity contribution in [2.24, 2.45) is 0 Å². The van der Waals surface area contributed by atoms with Crippen LogP contribution < -0.4 is 0 Å². The molecule has 0 aromatic heterocycles. The third-order valence-corrected chi connectivity index (χ3v) is 0.0559. The SMILES string of the molecule is [C]#[N+]C#[C-]. The van der Waals surface area contributed by atoms with Gasteiger partial charge in [-0.1, -0.05) is 0 Å². The molecule has 0 aromatic rings. The summed E-state index contributed by atoms with van der Waals surface area (Å²) < 4.78 is 0. The highest BCUT2D eigenvalue weighted by Crippen LogP contribution is 1.41. The Morgan fingerprint density at radius 2 is 2.25 bits per heavy atom. The molecule has 0 spiro atoms. The van der Waals surface area contributed by atoms with Crippen LogP contribution in [0, 0.1) is 19.0 Å². The first-order valence-electron chi connectivity index (χ1n) is 0.697. The largest absolute Gasteiger partial charge is 0.593 e. The summed E-state index contributed by atoms with van der Waals surface area (Å²) in [4.78, 5) is 2.40. The van der Waals surface area contributed by atoms with Gasteiger partial charge < -0.3 is 6.42 Å². The molecule has 0 rings (SSSR count). The van der Waals surface area contributed by atoms with Crippen LogP contribution >= 0.6 is 0 Å². The van der Waals surface area contributed by atoms with Crippen molar-refractivity contribution in [2.75, 3.05) is 0 Å². The van der Waals surface area contributed by atoms with E-state index in [0.29, 0.717) is 0 Å². The lowest BCUT2D eigenvalue weighted by Gasteiger charge is -1.28. The molecule has 0 N–H and O–H groups in total. The highest BCUT2D eigenvalue weighted by Gasteiger charge is 1.34. The van der Waals surface area contributed by atoms with Crippen LogP contribution in [0.1, 0.15) is 0 Å². The highest BCUT2D eigenvalue weighted by atomic mass is 14.6. The highest BCUT2D eigenvalue weighted by molar-refractivity contribution is 4.86. The van der Waals surface area contributed by atoms with Gasteiger partial charge in [0.15, 0.2) is 0 Å². The third-order valence-electron chi connectivity index (χ3n) is 0.0559. The van der Waals surface area contributed by atoms with Gasteiger partial charge in [-0.15, -0.1) is 0 Å². The van der Waals surface area contributed by atoms with Gasteiger partial charge in [0.1, 0.15) is 6.04 Å². The van der Waals surface area contributed by atoms with E-state index in [1.807, 2.05) is 0 Å². The molecule has 17 valence electrons. The van der Waals surface area contributed by atoms with Gasteiger partial charge >= 0.3 is 6.57 Å². The number of rotatable bonds is 0. The van der Waals surface area contributed by atoms with E-state index in [4.69, 9.17) is 13.0 Å². The van der Waals surface area contributed by atoms with Gasteiger partial charge in [-0.2, -0.15) is 0 Å². The average Bonchev–Trinajstić information content (AvgIpc) is 1.37. The number of hydrogen-bond donors (Lipinski definition) is 0. The van der Waals surface area contributed by atoms with Crippen molar-refractivity contribution in [1.82, 2.24) is 0 Å².